The average Bonchev–Trinajstić information content (AvgIpc) is 2.78. The molecule has 2 amide bonds. The zero-order valence-electron chi connectivity index (χ0n) is 16.3. The third-order valence-electron chi connectivity index (χ3n) is 5.20. The fourth-order valence-electron chi connectivity index (χ4n) is 3.67. The Morgan fingerprint density at radius 2 is 1.80 bits per heavy atom. The van der Waals surface area contributed by atoms with Crippen molar-refractivity contribution in [2.75, 3.05) is 22.5 Å². The second kappa shape index (κ2) is 8.10. The summed E-state index contributed by atoms with van der Waals surface area (Å²) in [6, 6.07) is 21.3. The van der Waals surface area contributed by atoms with Gasteiger partial charge in [0.1, 0.15) is 6.07 Å². The van der Waals surface area contributed by atoms with E-state index in [1.807, 2.05) is 24.3 Å². The normalized spacial score (nSPS) is 12.6. The number of carbonyl (C=O) groups excluding carboxylic acids is 2. The Kier molecular flexibility index (Phi) is 5.19. The number of fused-ring (bicyclic) bond motifs is 1. The minimum Gasteiger partial charge on any atom is -0.398 e. The van der Waals surface area contributed by atoms with Crippen LogP contribution in [0.25, 0.3) is 0 Å². The molecule has 0 aliphatic carbocycles. The van der Waals surface area contributed by atoms with Gasteiger partial charge < -0.3 is 16.0 Å². The molecule has 4 rings (SSSR count). The molecular weight excluding hydrogens is 376 g/mol. The molecule has 6 nitrogen and oxygen atoms in total. The minimum atomic E-state index is -0.433. The average molecular weight is 396 g/mol. The van der Waals surface area contributed by atoms with Crippen molar-refractivity contribution in [3.63, 3.8) is 0 Å². The fourth-order valence-corrected chi connectivity index (χ4v) is 3.67. The first-order valence-electron chi connectivity index (χ1n) is 9.68. The van der Waals surface area contributed by atoms with E-state index in [4.69, 9.17) is 5.73 Å². The first kappa shape index (κ1) is 19.2. The van der Waals surface area contributed by atoms with Crippen LogP contribution in [0.3, 0.4) is 0 Å². The van der Waals surface area contributed by atoms with Gasteiger partial charge in [-0.2, -0.15) is 5.26 Å². The third-order valence-corrected chi connectivity index (χ3v) is 5.20. The molecule has 0 fully saturated rings. The van der Waals surface area contributed by atoms with Crippen LogP contribution in [0, 0.1) is 11.3 Å². The highest BCUT2D eigenvalue weighted by atomic mass is 16.2. The predicted molar refractivity (Wildman–Crippen MR) is 116 cm³/mol. The summed E-state index contributed by atoms with van der Waals surface area (Å²) < 4.78 is 0. The van der Waals surface area contributed by atoms with E-state index in [1.54, 1.807) is 47.4 Å². The van der Waals surface area contributed by atoms with Crippen LogP contribution in [-0.4, -0.2) is 18.4 Å². The standard InChI is InChI=1S/C24H20N4O2/c25-15-18-12-11-17(14-21(18)27-23(29)19-8-2-3-9-20(19)26)24(30)28-13-5-7-16-6-1-4-10-22(16)28/h1-4,6,8-12,14H,5,7,13,26H2,(H,27,29). The maximum Gasteiger partial charge on any atom is 0.258 e. The quantitative estimate of drug-likeness (QED) is 0.654. The van der Waals surface area contributed by atoms with Crippen molar-refractivity contribution in [1.82, 2.24) is 0 Å². The lowest BCUT2D eigenvalue weighted by atomic mass is 10.0. The zero-order chi connectivity index (χ0) is 21.1. The zero-order valence-corrected chi connectivity index (χ0v) is 16.3. The topological polar surface area (TPSA) is 99.2 Å². The lowest BCUT2D eigenvalue weighted by Crippen LogP contribution is -2.35. The second-order valence-electron chi connectivity index (χ2n) is 7.10. The molecule has 0 radical (unpaired) electrons. The maximum absolute atomic E-state index is 13.2. The van der Waals surface area contributed by atoms with Crippen molar-refractivity contribution in [3.8, 4) is 6.07 Å². The Labute approximate surface area is 174 Å². The number of benzene rings is 3. The molecule has 1 aliphatic rings. The Hall–Kier alpha value is -4.11. The van der Waals surface area contributed by atoms with E-state index in [0.29, 0.717) is 23.4 Å². The number of nitriles is 1. The molecule has 0 spiro atoms. The highest BCUT2D eigenvalue weighted by Gasteiger charge is 2.24. The van der Waals surface area contributed by atoms with Crippen molar-refractivity contribution >= 4 is 28.9 Å². The van der Waals surface area contributed by atoms with Crippen molar-refractivity contribution < 1.29 is 9.59 Å². The second-order valence-corrected chi connectivity index (χ2v) is 7.10. The van der Waals surface area contributed by atoms with Crippen molar-refractivity contribution in [1.29, 1.82) is 5.26 Å². The first-order chi connectivity index (χ1) is 14.6. The van der Waals surface area contributed by atoms with Gasteiger partial charge in [-0.1, -0.05) is 30.3 Å². The number of nitrogens with zero attached hydrogens (tertiary/aromatic N) is 2. The molecular formula is C24H20N4O2. The molecule has 0 atom stereocenters. The smallest absolute Gasteiger partial charge is 0.258 e. The van der Waals surface area contributed by atoms with Crippen molar-refractivity contribution in [2.24, 2.45) is 0 Å². The number of hydrogen-bond acceptors (Lipinski definition) is 4. The van der Waals surface area contributed by atoms with Gasteiger partial charge in [0.25, 0.3) is 11.8 Å². The summed E-state index contributed by atoms with van der Waals surface area (Å²) in [6.07, 6.45) is 1.82. The Balaban J connectivity index is 1.65. The molecule has 0 saturated heterocycles. The number of rotatable bonds is 3. The van der Waals surface area contributed by atoms with E-state index in [1.165, 1.54) is 0 Å². The number of nitrogens with one attached hydrogen (secondary N) is 1. The van der Waals surface area contributed by atoms with Crippen LogP contribution in [0.2, 0.25) is 0 Å². The van der Waals surface area contributed by atoms with Crippen LogP contribution in [0.1, 0.15) is 38.3 Å². The Morgan fingerprint density at radius 3 is 2.60 bits per heavy atom. The lowest BCUT2D eigenvalue weighted by Gasteiger charge is -2.29. The number of aryl methyl sites for hydroxylation is 1. The summed E-state index contributed by atoms with van der Waals surface area (Å²) in [5.74, 6) is -0.598. The summed E-state index contributed by atoms with van der Waals surface area (Å²) in [6.45, 7) is 0.623. The van der Waals surface area contributed by atoms with Gasteiger partial charge in [0, 0.05) is 23.5 Å². The van der Waals surface area contributed by atoms with Gasteiger partial charge in [0.15, 0.2) is 0 Å². The van der Waals surface area contributed by atoms with Gasteiger partial charge in [0.05, 0.1) is 16.8 Å². The molecule has 3 N–H and O–H groups in total. The lowest BCUT2D eigenvalue weighted by molar-refractivity contribution is 0.0982. The highest BCUT2D eigenvalue weighted by Crippen LogP contribution is 2.29. The van der Waals surface area contributed by atoms with Gasteiger partial charge >= 0.3 is 0 Å². The van der Waals surface area contributed by atoms with E-state index < -0.39 is 5.91 Å². The van der Waals surface area contributed by atoms with E-state index in [9.17, 15) is 14.9 Å². The number of anilines is 3. The predicted octanol–water partition coefficient (Wildman–Crippen LogP) is 3.99. The molecule has 1 heterocycles. The molecule has 0 saturated carbocycles. The maximum atomic E-state index is 13.2. The van der Waals surface area contributed by atoms with Gasteiger partial charge in [0.2, 0.25) is 0 Å². The van der Waals surface area contributed by atoms with Crippen LogP contribution in [0.15, 0.2) is 66.7 Å². The number of para-hydroxylation sites is 2. The van der Waals surface area contributed by atoms with E-state index in [2.05, 4.69) is 11.4 Å². The molecule has 0 unspecified atom stereocenters. The van der Waals surface area contributed by atoms with Gasteiger partial charge in [-0.3, -0.25) is 9.59 Å². The Bertz CT molecular complexity index is 1180. The van der Waals surface area contributed by atoms with E-state index in [-0.39, 0.29) is 17.2 Å². The number of hydrogen-bond donors (Lipinski definition) is 2. The highest BCUT2D eigenvalue weighted by molar-refractivity contribution is 6.10. The monoisotopic (exact) mass is 396 g/mol. The third kappa shape index (κ3) is 3.61. The minimum absolute atomic E-state index is 0.165. The molecule has 0 aromatic heterocycles. The van der Waals surface area contributed by atoms with Gasteiger partial charge in [-0.05, 0) is 54.8 Å². The van der Waals surface area contributed by atoms with Gasteiger partial charge in [-0.15, -0.1) is 0 Å². The molecule has 3 aromatic carbocycles. The molecule has 148 valence electrons. The first-order valence-corrected chi connectivity index (χ1v) is 9.68. The van der Waals surface area contributed by atoms with E-state index in [0.717, 1.165) is 24.1 Å². The molecule has 0 bridgehead atoms. The van der Waals surface area contributed by atoms with Crippen LogP contribution in [0.4, 0.5) is 17.1 Å². The molecule has 3 aromatic rings. The van der Waals surface area contributed by atoms with Gasteiger partial charge in [-0.25, -0.2) is 0 Å². The summed E-state index contributed by atoms with van der Waals surface area (Å²) in [5, 5.41) is 12.2. The summed E-state index contributed by atoms with van der Waals surface area (Å²) in [5.41, 5.74) is 9.52. The molecule has 1 aliphatic heterocycles. The largest absolute Gasteiger partial charge is 0.398 e. The van der Waals surface area contributed by atoms with E-state index >= 15 is 0 Å². The molecule has 6 heteroatoms. The Morgan fingerprint density at radius 1 is 1.03 bits per heavy atom. The number of carbonyl (C=O) groups is 2. The van der Waals surface area contributed by atoms with Crippen LogP contribution >= 0.6 is 0 Å². The van der Waals surface area contributed by atoms with Crippen LogP contribution < -0.4 is 16.0 Å². The molecule has 30 heavy (non-hydrogen) atoms. The SMILES string of the molecule is N#Cc1ccc(C(=O)N2CCCc3ccccc32)cc1NC(=O)c1ccccc1N. The van der Waals surface area contributed by atoms with Crippen molar-refractivity contribution in [2.45, 2.75) is 12.8 Å². The summed E-state index contributed by atoms with van der Waals surface area (Å²) >= 11 is 0. The summed E-state index contributed by atoms with van der Waals surface area (Å²) in [7, 11) is 0. The van der Waals surface area contributed by atoms with Crippen LogP contribution in [-0.2, 0) is 6.42 Å². The number of nitrogen functional groups attached to an aromatic ring is 1. The number of nitrogens with two attached hydrogens (primary N) is 1. The number of amides is 2. The summed E-state index contributed by atoms with van der Waals surface area (Å²) in [4.78, 5) is 27.6. The fraction of sp³-hybridized carbons (Fsp3) is 0.125. The van der Waals surface area contributed by atoms with Crippen molar-refractivity contribution in [3.05, 3.63) is 89.0 Å². The van der Waals surface area contributed by atoms with Crippen LogP contribution in [0.5, 0.6) is 0 Å².